The minimum absolute atomic E-state index is 0.720. The van der Waals surface area contributed by atoms with Crippen LogP contribution in [0.5, 0.6) is 0 Å². The van der Waals surface area contributed by atoms with Gasteiger partial charge < -0.3 is 10.6 Å². The number of nitrogens with two attached hydrogens (primary N) is 1. The molecular formula is C18H22N2. The Hall–Kier alpha value is -1.96. The quantitative estimate of drug-likeness (QED) is 0.861. The second-order valence-electron chi connectivity index (χ2n) is 5.83. The highest BCUT2D eigenvalue weighted by Gasteiger charge is 2.20. The predicted molar refractivity (Wildman–Crippen MR) is 86.1 cm³/mol. The van der Waals surface area contributed by atoms with Crippen LogP contribution in [0.15, 0.2) is 48.5 Å². The SMILES string of the molecule is CC1Cc2ccccc2N(CCc2ccccc2N)C1. The Balaban J connectivity index is 1.76. The molecule has 2 nitrogen and oxygen atoms in total. The molecule has 2 heteroatoms. The van der Waals surface area contributed by atoms with E-state index in [0.717, 1.165) is 31.1 Å². The molecule has 2 aromatic carbocycles. The first-order valence-corrected chi connectivity index (χ1v) is 7.40. The largest absolute Gasteiger partial charge is 0.399 e. The summed E-state index contributed by atoms with van der Waals surface area (Å²) in [5.41, 5.74) is 11.1. The van der Waals surface area contributed by atoms with Gasteiger partial charge in [0.2, 0.25) is 0 Å². The van der Waals surface area contributed by atoms with Crippen molar-refractivity contribution in [3.8, 4) is 0 Å². The molecule has 104 valence electrons. The molecule has 3 rings (SSSR count). The van der Waals surface area contributed by atoms with Crippen LogP contribution in [0.1, 0.15) is 18.1 Å². The van der Waals surface area contributed by atoms with Gasteiger partial charge in [-0.1, -0.05) is 43.3 Å². The van der Waals surface area contributed by atoms with Crippen molar-refractivity contribution >= 4 is 11.4 Å². The van der Waals surface area contributed by atoms with Gasteiger partial charge in [0.15, 0.2) is 0 Å². The molecule has 1 unspecified atom stereocenters. The van der Waals surface area contributed by atoms with E-state index in [1.807, 2.05) is 12.1 Å². The molecule has 0 aromatic heterocycles. The molecule has 1 aliphatic heterocycles. The lowest BCUT2D eigenvalue weighted by atomic mass is 9.93. The van der Waals surface area contributed by atoms with E-state index in [0.29, 0.717) is 0 Å². The predicted octanol–water partition coefficient (Wildman–Crippen LogP) is 3.51. The van der Waals surface area contributed by atoms with Crippen LogP contribution >= 0.6 is 0 Å². The summed E-state index contributed by atoms with van der Waals surface area (Å²) in [6.45, 7) is 4.51. The lowest BCUT2D eigenvalue weighted by Gasteiger charge is -2.35. The second kappa shape index (κ2) is 5.58. The van der Waals surface area contributed by atoms with Gasteiger partial charge in [0.05, 0.1) is 0 Å². The summed E-state index contributed by atoms with van der Waals surface area (Å²) in [5.74, 6) is 0.720. The zero-order valence-corrected chi connectivity index (χ0v) is 12.0. The van der Waals surface area contributed by atoms with Crippen LogP contribution in [0, 0.1) is 5.92 Å². The van der Waals surface area contributed by atoms with Crippen LogP contribution in [-0.2, 0) is 12.8 Å². The molecule has 0 fully saturated rings. The Morgan fingerprint density at radius 2 is 1.85 bits per heavy atom. The van der Waals surface area contributed by atoms with Crippen molar-refractivity contribution in [3.05, 3.63) is 59.7 Å². The van der Waals surface area contributed by atoms with Gasteiger partial charge in [0, 0.05) is 24.5 Å². The number of rotatable bonds is 3. The van der Waals surface area contributed by atoms with E-state index in [4.69, 9.17) is 5.73 Å². The zero-order chi connectivity index (χ0) is 13.9. The van der Waals surface area contributed by atoms with Gasteiger partial charge in [0.25, 0.3) is 0 Å². The third-order valence-corrected chi connectivity index (χ3v) is 4.14. The molecule has 20 heavy (non-hydrogen) atoms. The van der Waals surface area contributed by atoms with Crippen LogP contribution in [-0.4, -0.2) is 13.1 Å². The molecular weight excluding hydrogens is 244 g/mol. The van der Waals surface area contributed by atoms with Gasteiger partial charge in [-0.05, 0) is 42.0 Å². The summed E-state index contributed by atoms with van der Waals surface area (Å²) in [6, 6.07) is 17.0. The maximum Gasteiger partial charge on any atom is 0.0399 e. The lowest BCUT2D eigenvalue weighted by molar-refractivity contribution is 0.532. The third-order valence-electron chi connectivity index (χ3n) is 4.14. The Morgan fingerprint density at radius 1 is 1.10 bits per heavy atom. The average molecular weight is 266 g/mol. The number of nitrogen functional groups attached to an aromatic ring is 1. The number of nitrogens with zero attached hydrogens (tertiary/aromatic N) is 1. The highest BCUT2D eigenvalue weighted by Crippen LogP contribution is 2.29. The molecule has 0 amide bonds. The lowest BCUT2D eigenvalue weighted by Crippen LogP contribution is -2.35. The fourth-order valence-corrected chi connectivity index (χ4v) is 3.14. The first kappa shape index (κ1) is 13.0. The zero-order valence-electron chi connectivity index (χ0n) is 12.0. The Kier molecular flexibility index (Phi) is 3.64. The van der Waals surface area contributed by atoms with Gasteiger partial charge >= 0.3 is 0 Å². The number of hydrogen-bond donors (Lipinski definition) is 1. The van der Waals surface area contributed by atoms with E-state index in [9.17, 15) is 0 Å². The standard InChI is InChI=1S/C18H22N2/c1-14-12-16-7-3-5-9-18(16)20(13-14)11-10-15-6-2-4-8-17(15)19/h2-9,14H,10-13,19H2,1H3. The van der Waals surface area contributed by atoms with Crippen molar-refractivity contribution in [2.24, 2.45) is 5.92 Å². The topological polar surface area (TPSA) is 29.3 Å². The molecule has 0 saturated carbocycles. The van der Waals surface area contributed by atoms with E-state index in [2.05, 4.69) is 48.2 Å². The van der Waals surface area contributed by atoms with Gasteiger partial charge in [-0.3, -0.25) is 0 Å². The maximum atomic E-state index is 6.04. The van der Waals surface area contributed by atoms with E-state index in [1.165, 1.54) is 23.2 Å². The number of para-hydroxylation sites is 2. The van der Waals surface area contributed by atoms with Crippen LogP contribution in [0.4, 0.5) is 11.4 Å². The number of hydrogen-bond acceptors (Lipinski definition) is 2. The normalized spacial score (nSPS) is 17.9. The smallest absolute Gasteiger partial charge is 0.0399 e. The fourth-order valence-electron chi connectivity index (χ4n) is 3.14. The summed E-state index contributed by atoms with van der Waals surface area (Å²) in [4.78, 5) is 2.51. The van der Waals surface area contributed by atoms with Crippen molar-refractivity contribution < 1.29 is 0 Å². The average Bonchev–Trinajstić information content (AvgIpc) is 2.46. The number of anilines is 2. The van der Waals surface area contributed by atoms with Gasteiger partial charge in [-0.2, -0.15) is 0 Å². The third kappa shape index (κ3) is 2.64. The van der Waals surface area contributed by atoms with Crippen LogP contribution in [0.3, 0.4) is 0 Å². The minimum atomic E-state index is 0.720. The summed E-state index contributed by atoms with van der Waals surface area (Å²) in [5, 5.41) is 0. The van der Waals surface area contributed by atoms with E-state index >= 15 is 0 Å². The first-order chi connectivity index (χ1) is 9.74. The van der Waals surface area contributed by atoms with Crippen molar-refractivity contribution in [2.45, 2.75) is 19.8 Å². The van der Waals surface area contributed by atoms with Crippen molar-refractivity contribution in [1.29, 1.82) is 0 Å². The summed E-state index contributed by atoms with van der Waals surface area (Å²) < 4.78 is 0. The molecule has 0 spiro atoms. The van der Waals surface area contributed by atoms with E-state index in [-0.39, 0.29) is 0 Å². The molecule has 0 radical (unpaired) electrons. The Bertz CT molecular complexity index is 591. The molecule has 1 heterocycles. The highest BCUT2D eigenvalue weighted by atomic mass is 15.1. The fraction of sp³-hybridized carbons (Fsp3) is 0.333. The molecule has 2 N–H and O–H groups in total. The van der Waals surface area contributed by atoms with Crippen LogP contribution in [0.25, 0.3) is 0 Å². The van der Waals surface area contributed by atoms with E-state index < -0.39 is 0 Å². The highest BCUT2D eigenvalue weighted by molar-refractivity contribution is 5.56. The Labute approximate surface area is 121 Å². The first-order valence-electron chi connectivity index (χ1n) is 7.40. The van der Waals surface area contributed by atoms with Crippen molar-refractivity contribution in [3.63, 3.8) is 0 Å². The minimum Gasteiger partial charge on any atom is -0.399 e. The van der Waals surface area contributed by atoms with Gasteiger partial charge in [-0.15, -0.1) is 0 Å². The molecule has 0 bridgehead atoms. The van der Waals surface area contributed by atoms with Crippen molar-refractivity contribution in [1.82, 2.24) is 0 Å². The van der Waals surface area contributed by atoms with Crippen LogP contribution in [0.2, 0.25) is 0 Å². The number of fused-ring (bicyclic) bond motifs is 1. The molecule has 0 aliphatic carbocycles. The molecule has 1 atom stereocenters. The molecule has 2 aromatic rings. The molecule has 0 saturated heterocycles. The van der Waals surface area contributed by atoms with Gasteiger partial charge in [0.1, 0.15) is 0 Å². The number of benzene rings is 2. The second-order valence-corrected chi connectivity index (χ2v) is 5.83. The maximum absolute atomic E-state index is 6.04. The van der Waals surface area contributed by atoms with Gasteiger partial charge in [-0.25, -0.2) is 0 Å². The molecule has 1 aliphatic rings. The monoisotopic (exact) mass is 266 g/mol. The van der Waals surface area contributed by atoms with Crippen molar-refractivity contribution in [2.75, 3.05) is 23.7 Å². The summed E-state index contributed by atoms with van der Waals surface area (Å²) in [7, 11) is 0. The van der Waals surface area contributed by atoms with Crippen LogP contribution < -0.4 is 10.6 Å². The van der Waals surface area contributed by atoms with E-state index in [1.54, 1.807) is 0 Å². The summed E-state index contributed by atoms with van der Waals surface area (Å²) >= 11 is 0. The Morgan fingerprint density at radius 3 is 2.70 bits per heavy atom. The summed E-state index contributed by atoms with van der Waals surface area (Å²) in [6.07, 6.45) is 2.20.